The van der Waals surface area contributed by atoms with E-state index in [1.165, 1.54) is 35.0 Å². The first kappa shape index (κ1) is 19.3. The monoisotopic (exact) mass is 384 g/mol. The molecule has 6 heteroatoms. The van der Waals surface area contributed by atoms with Crippen molar-refractivity contribution in [3.8, 4) is 5.75 Å². The van der Waals surface area contributed by atoms with Crippen LogP contribution >= 0.6 is 0 Å². The molecule has 0 unspecified atom stereocenters. The van der Waals surface area contributed by atoms with Crippen molar-refractivity contribution in [3.05, 3.63) is 29.5 Å². The predicted molar refractivity (Wildman–Crippen MR) is 112 cm³/mol. The number of carbonyl (C=O) groups is 1. The standard InChI is InChI=1S/C22H32N4O2/c1-15-19-9-18(28-4)7-8-20(19)23-21(15)13-26-11-16-5-6-17(26)12-25(10-16)14-22(27)24(2)3/h7-9,16-17,23H,5-6,10-14H2,1-4H3/t16-,17+/m0/s1. The minimum atomic E-state index is 0.202. The first-order valence-corrected chi connectivity index (χ1v) is 10.3. The number of H-pyrrole nitrogens is 1. The van der Waals surface area contributed by atoms with Crippen molar-refractivity contribution in [1.29, 1.82) is 0 Å². The Labute approximate surface area is 167 Å². The first-order chi connectivity index (χ1) is 13.4. The van der Waals surface area contributed by atoms with Gasteiger partial charge in [0.2, 0.25) is 5.91 Å². The van der Waals surface area contributed by atoms with Crippen LogP contribution in [0.25, 0.3) is 10.9 Å². The maximum atomic E-state index is 12.2. The molecule has 6 nitrogen and oxygen atoms in total. The second-order valence-electron chi connectivity index (χ2n) is 8.65. The number of carbonyl (C=O) groups excluding carboxylic acids is 1. The molecule has 0 radical (unpaired) electrons. The molecule has 3 fully saturated rings. The van der Waals surface area contributed by atoms with Crippen LogP contribution in [-0.4, -0.2) is 79.0 Å². The Morgan fingerprint density at radius 3 is 2.82 bits per heavy atom. The largest absolute Gasteiger partial charge is 0.497 e. The van der Waals surface area contributed by atoms with Crippen molar-refractivity contribution in [2.45, 2.75) is 32.4 Å². The summed E-state index contributed by atoms with van der Waals surface area (Å²) in [4.78, 5) is 22.5. The van der Waals surface area contributed by atoms with E-state index in [1.807, 2.05) is 20.2 Å². The number of fused-ring (bicyclic) bond motifs is 5. The van der Waals surface area contributed by atoms with Crippen molar-refractivity contribution in [2.24, 2.45) is 5.92 Å². The number of hydrogen-bond acceptors (Lipinski definition) is 4. The van der Waals surface area contributed by atoms with Gasteiger partial charge in [-0.1, -0.05) is 0 Å². The van der Waals surface area contributed by atoms with Gasteiger partial charge in [-0.15, -0.1) is 0 Å². The molecule has 2 bridgehead atoms. The Morgan fingerprint density at radius 1 is 1.25 bits per heavy atom. The Bertz CT molecular complexity index is 860. The van der Waals surface area contributed by atoms with Crippen LogP contribution in [0.4, 0.5) is 0 Å². The van der Waals surface area contributed by atoms with Gasteiger partial charge >= 0.3 is 0 Å². The summed E-state index contributed by atoms with van der Waals surface area (Å²) in [7, 11) is 5.40. The third kappa shape index (κ3) is 3.76. The summed E-state index contributed by atoms with van der Waals surface area (Å²) in [6.45, 7) is 6.83. The third-order valence-electron chi connectivity index (χ3n) is 6.49. The third-order valence-corrected chi connectivity index (χ3v) is 6.49. The topological polar surface area (TPSA) is 51.8 Å². The van der Waals surface area contributed by atoms with E-state index < -0.39 is 0 Å². The number of ether oxygens (including phenoxy) is 1. The smallest absolute Gasteiger partial charge is 0.236 e. The summed E-state index contributed by atoms with van der Waals surface area (Å²) in [5.74, 6) is 1.75. The van der Waals surface area contributed by atoms with Crippen molar-refractivity contribution in [3.63, 3.8) is 0 Å². The van der Waals surface area contributed by atoms with Crippen LogP contribution in [0.2, 0.25) is 0 Å². The molecule has 1 amide bonds. The van der Waals surface area contributed by atoms with Crippen molar-refractivity contribution >= 4 is 16.8 Å². The van der Waals surface area contributed by atoms with Gasteiger partial charge in [-0.2, -0.15) is 0 Å². The lowest BCUT2D eigenvalue weighted by Gasteiger charge is -2.36. The molecule has 1 N–H and O–H groups in total. The first-order valence-electron chi connectivity index (χ1n) is 10.3. The summed E-state index contributed by atoms with van der Waals surface area (Å²) >= 11 is 0. The minimum Gasteiger partial charge on any atom is -0.497 e. The summed E-state index contributed by atoms with van der Waals surface area (Å²) in [5.41, 5.74) is 3.78. The molecule has 3 saturated heterocycles. The van der Waals surface area contributed by atoms with Gasteiger partial charge in [0.1, 0.15) is 5.75 Å². The van der Waals surface area contributed by atoms with Crippen LogP contribution in [0.1, 0.15) is 24.1 Å². The maximum Gasteiger partial charge on any atom is 0.236 e. The fraction of sp³-hybridized carbons (Fsp3) is 0.591. The lowest BCUT2D eigenvalue weighted by atomic mass is 9.94. The van der Waals surface area contributed by atoms with Gasteiger partial charge < -0.3 is 14.6 Å². The van der Waals surface area contributed by atoms with E-state index in [0.29, 0.717) is 18.5 Å². The predicted octanol–water partition coefficient (Wildman–Crippen LogP) is 2.47. The van der Waals surface area contributed by atoms with Gasteiger partial charge in [-0.25, -0.2) is 0 Å². The van der Waals surface area contributed by atoms with Crippen LogP contribution in [0.5, 0.6) is 5.75 Å². The number of aromatic amines is 1. The fourth-order valence-electron chi connectivity index (χ4n) is 4.78. The molecule has 0 spiro atoms. The molecule has 2 aromatic rings. The van der Waals surface area contributed by atoms with E-state index in [1.54, 1.807) is 12.0 Å². The molecule has 28 heavy (non-hydrogen) atoms. The molecule has 2 atom stereocenters. The van der Waals surface area contributed by atoms with Gasteiger partial charge in [0, 0.05) is 62.9 Å². The number of aryl methyl sites for hydroxylation is 1. The lowest BCUT2D eigenvalue weighted by molar-refractivity contribution is -0.130. The zero-order valence-electron chi connectivity index (χ0n) is 17.5. The number of amides is 1. The highest BCUT2D eigenvalue weighted by atomic mass is 16.5. The molecule has 152 valence electrons. The number of likely N-dealkylation sites (N-methyl/N-ethyl adjacent to an activating group) is 1. The van der Waals surface area contributed by atoms with Crippen molar-refractivity contribution in [2.75, 3.05) is 47.4 Å². The average molecular weight is 385 g/mol. The molecular formula is C22H32N4O2. The van der Waals surface area contributed by atoms with Gasteiger partial charge in [-0.3, -0.25) is 14.6 Å². The van der Waals surface area contributed by atoms with Crippen LogP contribution in [-0.2, 0) is 11.3 Å². The Balaban J connectivity index is 1.51. The quantitative estimate of drug-likeness (QED) is 0.861. The Morgan fingerprint density at radius 2 is 2.07 bits per heavy atom. The second-order valence-corrected chi connectivity index (χ2v) is 8.65. The number of nitrogens with zero attached hydrogens (tertiary/aromatic N) is 3. The summed E-state index contributed by atoms with van der Waals surface area (Å²) in [6, 6.07) is 6.76. The number of rotatable bonds is 5. The molecule has 1 aromatic carbocycles. The Hall–Kier alpha value is -2.05. The van der Waals surface area contributed by atoms with Crippen LogP contribution < -0.4 is 4.74 Å². The molecule has 3 aliphatic heterocycles. The molecule has 1 aromatic heterocycles. The summed E-state index contributed by atoms with van der Waals surface area (Å²) in [6.07, 6.45) is 2.50. The van der Waals surface area contributed by atoms with E-state index in [2.05, 4.69) is 33.8 Å². The molecule has 5 rings (SSSR count). The normalized spacial score (nSPS) is 23.1. The van der Waals surface area contributed by atoms with Gasteiger partial charge in [0.15, 0.2) is 0 Å². The highest BCUT2D eigenvalue weighted by Gasteiger charge is 2.35. The van der Waals surface area contributed by atoms with E-state index in [4.69, 9.17) is 4.74 Å². The minimum absolute atomic E-state index is 0.202. The number of aromatic nitrogens is 1. The molecule has 3 aliphatic rings. The highest BCUT2D eigenvalue weighted by Crippen LogP contribution is 2.31. The SMILES string of the molecule is COc1ccc2[nH]c(CN3C[C@H]4CC[C@@H]3CN(CC(=O)N(C)C)C4)c(C)c2c1. The van der Waals surface area contributed by atoms with E-state index in [9.17, 15) is 4.79 Å². The number of piperidine rings is 1. The van der Waals surface area contributed by atoms with E-state index in [0.717, 1.165) is 31.9 Å². The summed E-state index contributed by atoms with van der Waals surface area (Å²) < 4.78 is 5.39. The highest BCUT2D eigenvalue weighted by molar-refractivity contribution is 5.85. The zero-order chi connectivity index (χ0) is 19.8. The van der Waals surface area contributed by atoms with E-state index >= 15 is 0 Å². The van der Waals surface area contributed by atoms with Crippen molar-refractivity contribution < 1.29 is 9.53 Å². The van der Waals surface area contributed by atoms with Gasteiger partial charge in [0.05, 0.1) is 13.7 Å². The summed E-state index contributed by atoms with van der Waals surface area (Å²) in [5, 5.41) is 1.24. The van der Waals surface area contributed by atoms with Crippen molar-refractivity contribution in [1.82, 2.24) is 19.7 Å². The van der Waals surface area contributed by atoms with Crippen LogP contribution in [0.15, 0.2) is 18.2 Å². The van der Waals surface area contributed by atoms with E-state index in [-0.39, 0.29) is 5.91 Å². The molecule has 4 heterocycles. The molecular weight excluding hydrogens is 352 g/mol. The van der Waals surface area contributed by atoms with Crippen LogP contribution in [0, 0.1) is 12.8 Å². The average Bonchev–Trinajstić information content (AvgIpc) is 2.81. The van der Waals surface area contributed by atoms with Gasteiger partial charge in [0.25, 0.3) is 0 Å². The molecule has 0 aliphatic carbocycles. The molecule has 0 saturated carbocycles. The number of hydrogen-bond donors (Lipinski definition) is 1. The zero-order valence-corrected chi connectivity index (χ0v) is 17.5. The van der Waals surface area contributed by atoms with Gasteiger partial charge in [-0.05, 0) is 49.4 Å². The number of methoxy groups -OCH3 is 1. The fourth-order valence-corrected chi connectivity index (χ4v) is 4.78. The lowest BCUT2D eigenvalue weighted by Crippen LogP contribution is -2.44. The maximum absolute atomic E-state index is 12.2. The number of benzene rings is 1. The number of nitrogens with one attached hydrogen (secondary N) is 1. The Kier molecular flexibility index (Phi) is 5.34. The van der Waals surface area contributed by atoms with Crippen LogP contribution in [0.3, 0.4) is 0 Å². The second kappa shape index (κ2) is 7.76.